The molecule has 1 aliphatic rings. The summed E-state index contributed by atoms with van der Waals surface area (Å²) in [5.74, 6) is -0.770. The zero-order chi connectivity index (χ0) is 23.4. The molecule has 0 aliphatic heterocycles. The highest BCUT2D eigenvalue weighted by atomic mass is 32.1. The quantitative estimate of drug-likeness (QED) is 0.475. The van der Waals surface area contributed by atoms with Crippen LogP contribution in [0, 0.1) is 19.7 Å². The standard InChI is InChI=1S/C27H29FN2O2S/c1-18-9-10-19(2)24(16-18)30(25(31)17-23-8-5-15-33-23)26(20-11-13-21(28)14-12-20)27(32)29-22-6-3-4-7-22/h5,8-16,22,26H,3-4,6-7,17H2,1-2H3,(H,29,32). The monoisotopic (exact) mass is 464 g/mol. The summed E-state index contributed by atoms with van der Waals surface area (Å²) in [5, 5.41) is 5.11. The fourth-order valence-corrected chi connectivity index (χ4v) is 5.15. The van der Waals surface area contributed by atoms with E-state index in [1.54, 1.807) is 17.0 Å². The SMILES string of the molecule is Cc1ccc(C)c(N(C(=O)Cc2cccs2)C(C(=O)NC2CCCC2)c2ccc(F)cc2)c1. The molecule has 1 aliphatic carbocycles. The normalized spacial score (nSPS) is 14.8. The molecule has 1 aromatic heterocycles. The van der Waals surface area contributed by atoms with E-state index >= 15 is 0 Å². The highest BCUT2D eigenvalue weighted by molar-refractivity contribution is 7.10. The maximum Gasteiger partial charge on any atom is 0.248 e. The molecule has 2 aromatic carbocycles. The van der Waals surface area contributed by atoms with E-state index in [0.29, 0.717) is 11.3 Å². The van der Waals surface area contributed by atoms with Gasteiger partial charge in [-0.05, 0) is 73.0 Å². The van der Waals surface area contributed by atoms with Gasteiger partial charge >= 0.3 is 0 Å². The number of nitrogens with one attached hydrogen (secondary N) is 1. The summed E-state index contributed by atoms with van der Waals surface area (Å²) in [7, 11) is 0. The first-order chi connectivity index (χ1) is 15.9. The van der Waals surface area contributed by atoms with Gasteiger partial charge in [-0.1, -0.05) is 43.2 Å². The molecule has 1 N–H and O–H groups in total. The van der Waals surface area contributed by atoms with Gasteiger partial charge in [0.15, 0.2) is 0 Å². The topological polar surface area (TPSA) is 49.4 Å². The summed E-state index contributed by atoms with van der Waals surface area (Å²) in [6.07, 6.45) is 4.25. The molecule has 4 nitrogen and oxygen atoms in total. The van der Waals surface area contributed by atoms with Crippen LogP contribution in [0.15, 0.2) is 60.0 Å². The van der Waals surface area contributed by atoms with Crippen molar-refractivity contribution < 1.29 is 14.0 Å². The van der Waals surface area contributed by atoms with Crippen LogP contribution in [0.5, 0.6) is 0 Å². The Hall–Kier alpha value is -2.99. The maximum atomic E-state index is 13.8. The molecule has 1 unspecified atom stereocenters. The zero-order valence-corrected chi connectivity index (χ0v) is 19.8. The summed E-state index contributed by atoms with van der Waals surface area (Å²) < 4.78 is 13.8. The lowest BCUT2D eigenvalue weighted by atomic mass is 10.00. The van der Waals surface area contributed by atoms with Gasteiger partial charge in [0.05, 0.1) is 6.42 Å². The van der Waals surface area contributed by atoms with Gasteiger partial charge < -0.3 is 5.32 Å². The van der Waals surface area contributed by atoms with Crippen molar-refractivity contribution in [1.82, 2.24) is 5.32 Å². The van der Waals surface area contributed by atoms with Gasteiger partial charge in [0.1, 0.15) is 11.9 Å². The van der Waals surface area contributed by atoms with Crippen LogP contribution in [0.3, 0.4) is 0 Å². The van der Waals surface area contributed by atoms with E-state index < -0.39 is 6.04 Å². The Kier molecular flexibility index (Phi) is 7.23. The van der Waals surface area contributed by atoms with Crippen molar-refractivity contribution in [3.8, 4) is 0 Å². The number of anilines is 1. The van der Waals surface area contributed by atoms with E-state index in [1.165, 1.54) is 23.5 Å². The first kappa shape index (κ1) is 23.2. The smallest absolute Gasteiger partial charge is 0.248 e. The van der Waals surface area contributed by atoms with Gasteiger partial charge in [0.2, 0.25) is 11.8 Å². The number of halogens is 1. The fourth-order valence-electron chi connectivity index (χ4n) is 4.46. The summed E-state index contributed by atoms with van der Waals surface area (Å²) in [6, 6.07) is 14.9. The molecule has 1 atom stereocenters. The average Bonchev–Trinajstić information content (AvgIpc) is 3.49. The van der Waals surface area contributed by atoms with Crippen molar-refractivity contribution >= 4 is 28.8 Å². The molecule has 172 valence electrons. The number of carbonyl (C=O) groups is 2. The van der Waals surface area contributed by atoms with Crippen molar-refractivity contribution in [2.75, 3.05) is 4.90 Å². The third kappa shape index (κ3) is 5.50. The molecule has 3 aromatic rings. The molecule has 1 heterocycles. The molecular weight excluding hydrogens is 435 g/mol. The molecule has 33 heavy (non-hydrogen) atoms. The minimum absolute atomic E-state index is 0.105. The molecule has 0 saturated heterocycles. The van der Waals surface area contributed by atoms with Gasteiger partial charge in [0.25, 0.3) is 0 Å². The van der Waals surface area contributed by atoms with Crippen LogP contribution in [0.25, 0.3) is 0 Å². The Morgan fingerprint density at radius 2 is 1.82 bits per heavy atom. The predicted octanol–water partition coefficient (Wildman–Crippen LogP) is 5.88. The largest absolute Gasteiger partial charge is 0.351 e. The molecule has 6 heteroatoms. The van der Waals surface area contributed by atoms with Gasteiger partial charge in [0, 0.05) is 16.6 Å². The van der Waals surface area contributed by atoms with E-state index in [-0.39, 0.29) is 30.1 Å². The van der Waals surface area contributed by atoms with Crippen LogP contribution >= 0.6 is 11.3 Å². The van der Waals surface area contributed by atoms with Crippen LogP contribution in [-0.2, 0) is 16.0 Å². The predicted molar refractivity (Wildman–Crippen MR) is 131 cm³/mol. The second-order valence-corrected chi connectivity index (χ2v) is 9.79. The number of nitrogens with zero attached hydrogens (tertiary/aromatic N) is 1. The van der Waals surface area contributed by atoms with E-state index in [1.807, 2.05) is 49.6 Å². The highest BCUT2D eigenvalue weighted by Gasteiger charge is 2.35. The Morgan fingerprint density at radius 1 is 1.09 bits per heavy atom. The number of thiophene rings is 1. The minimum Gasteiger partial charge on any atom is -0.351 e. The molecule has 4 rings (SSSR count). The molecule has 1 fully saturated rings. The van der Waals surface area contributed by atoms with E-state index in [4.69, 9.17) is 0 Å². The summed E-state index contributed by atoms with van der Waals surface area (Å²) >= 11 is 1.52. The lowest BCUT2D eigenvalue weighted by Crippen LogP contribution is -2.47. The van der Waals surface area contributed by atoms with Crippen LogP contribution < -0.4 is 10.2 Å². The van der Waals surface area contributed by atoms with Gasteiger partial charge in [-0.3, -0.25) is 14.5 Å². The molecule has 2 amide bonds. The first-order valence-electron chi connectivity index (χ1n) is 11.4. The third-order valence-electron chi connectivity index (χ3n) is 6.19. The maximum absolute atomic E-state index is 13.8. The van der Waals surface area contributed by atoms with Gasteiger partial charge in [-0.15, -0.1) is 11.3 Å². The van der Waals surface area contributed by atoms with Crippen LogP contribution in [-0.4, -0.2) is 17.9 Å². The second-order valence-electron chi connectivity index (χ2n) is 8.75. The lowest BCUT2D eigenvalue weighted by molar-refractivity contribution is -0.127. The number of carbonyl (C=O) groups excluding carboxylic acids is 2. The number of benzene rings is 2. The number of hydrogen-bond donors (Lipinski definition) is 1. The number of aryl methyl sites for hydroxylation is 2. The Balaban J connectivity index is 1.80. The number of amides is 2. The second kappa shape index (κ2) is 10.3. The van der Waals surface area contributed by atoms with E-state index in [9.17, 15) is 14.0 Å². The highest BCUT2D eigenvalue weighted by Crippen LogP contribution is 2.33. The molecule has 0 radical (unpaired) electrons. The van der Waals surface area contributed by atoms with Crippen LogP contribution in [0.4, 0.5) is 10.1 Å². The molecule has 1 saturated carbocycles. The Labute approximate surface area is 198 Å². The Morgan fingerprint density at radius 3 is 2.48 bits per heavy atom. The van der Waals surface area contributed by atoms with E-state index in [2.05, 4.69) is 5.32 Å². The summed E-state index contributed by atoms with van der Waals surface area (Å²) in [5.41, 5.74) is 3.19. The van der Waals surface area contributed by atoms with Gasteiger partial charge in [-0.2, -0.15) is 0 Å². The summed E-state index contributed by atoms with van der Waals surface area (Å²) in [4.78, 5) is 30.0. The minimum atomic E-state index is -0.890. The number of hydrogen-bond acceptors (Lipinski definition) is 3. The molecule has 0 bridgehead atoms. The number of rotatable bonds is 7. The van der Waals surface area contributed by atoms with Crippen molar-refractivity contribution in [2.45, 2.75) is 58.0 Å². The van der Waals surface area contributed by atoms with Crippen LogP contribution in [0.1, 0.15) is 53.3 Å². The Bertz CT molecular complexity index is 1110. The first-order valence-corrected chi connectivity index (χ1v) is 12.3. The van der Waals surface area contributed by atoms with Gasteiger partial charge in [-0.25, -0.2) is 4.39 Å². The fraction of sp³-hybridized carbons (Fsp3) is 0.333. The van der Waals surface area contributed by atoms with Crippen molar-refractivity contribution in [1.29, 1.82) is 0 Å². The lowest BCUT2D eigenvalue weighted by Gasteiger charge is -2.33. The van der Waals surface area contributed by atoms with Crippen molar-refractivity contribution in [2.24, 2.45) is 0 Å². The van der Waals surface area contributed by atoms with E-state index in [0.717, 1.165) is 41.7 Å². The zero-order valence-electron chi connectivity index (χ0n) is 19.0. The molecule has 0 spiro atoms. The van der Waals surface area contributed by atoms with Crippen molar-refractivity contribution in [3.63, 3.8) is 0 Å². The average molecular weight is 465 g/mol. The molecular formula is C27H29FN2O2S. The van der Waals surface area contributed by atoms with Crippen molar-refractivity contribution in [3.05, 3.63) is 87.4 Å². The summed E-state index contributed by atoms with van der Waals surface area (Å²) in [6.45, 7) is 3.91. The van der Waals surface area contributed by atoms with Crippen LogP contribution in [0.2, 0.25) is 0 Å². The third-order valence-corrected chi connectivity index (χ3v) is 7.07.